The second kappa shape index (κ2) is 6.95. The molecule has 0 aliphatic carbocycles. The summed E-state index contributed by atoms with van der Waals surface area (Å²) in [5.41, 5.74) is 6.09. The number of nitrogens with two attached hydrogens (primary N) is 1. The van der Waals surface area contributed by atoms with Crippen molar-refractivity contribution in [3.8, 4) is 5.75 Å². The summed E-state index contributed by atoms with van der Waals surface area (Å²) in [7, 11) is -0.592. The molecule has 5 nitrogen and oxygen atoms in total. The van der Waals surface area contributed by atoms with Crippen molar-refractivity contribution < 1.29 is 13.2 Å². The predicted octanol–water partition coefficient (Wildman–Crippen LogP) is 2.33. The van der Waals surface area contributed by atoms with E-state index in [4.69, 9.17) is 10.5 Å². The van der Waals surface area contributed by atoms with Gasteiger partial charge in [0.2, 0.25) is 10.0 Å². The highest BCUT2D eigenvalue weighted by Crippen LogP contribution is 2.30. The summed E-state index contributed by atoms with van der Waals surface area (Å²) in [6.45, 7) is 4.84. The van der Waals surface area contributed by atoms with Gasteiger partial charge in [-0.25, -0.2) is 12.7 Å². The number of ether oxygens (including phenoxy) is 1. The van der Waals surface area contributed by atoms with E-state index in [1.54, 1.807) is 12.1 Å². The van der Waals surface area contributed by atoms with Crippen LogP contribution in [0.5, 0.6) is 5.75 Å². The van der Waals surface area contributed by atoms with Gasteiger partial charge >= 0.3 is 0 Å². The summed E-state index contributed by atoms with van der Waals surface area (Å²) in [6, 6.07) is 4.83. The van der Waals surface area contributed by atoms with E-state index in [1.807, 2.05) is 0 Å². The van der Waals surface area contributed by atoms with Crippen molar-refractivity contribution in [2.45, 2.75) is 31.6 Å². The molecule has 0 saturated carbocycles. The van der Waals surface area contributed by atoms with Crippen LogP contribution in [0.25, 0.3) is 0 Å². The van der Waals surface area contributed by atoms with Crippen molar-refractivity contribution in [1.29, 1.82) is 0 Å². The fraction of sp³-hybridized carbons (Fsp3) is 0.571. The smallest absolute Gasteiger partial charge is 0.244 e. The van der Waals surface area contributed by atoms with Crippen LogP contribution in [0.3, 0.4) is 0 Å². The summed E-state index contributed by atoms with van der Waals surface area (Å²) >= 11 is 0. The molecule has 1 aromatic rings. The molecule has 20 heavy (non-hydrogen) atoms. The van der Waals surface area contributed by atoms with E-state index in [0.717, 1.165) is 17.1 Å². The van der Waals surface area contributed by atoms with Crippen LogP contribution >= 0.6 is 0 Å². The van der Waals surface area contributed by atoms with E-state index in [9.17, 15) is 8.42 Å². The third kappa shape index (κ3) is 4.11. The zero-order valence-corrected chi connectivity index (χ0v) is 13.4. The van der Waals surface area contributed by atoms with E-state index < -0.39 is 10.0 Å². The number of para-hydroxylation sites is 1. The first kappa shape index (κ1) is 16.8. The molecule has 0 heterocycles. The van der Waals surface area contributed by atoms with Crippen LogP contribution in [0.2, 0.25) is 0 Å². The van der Waals surface area contributed by atoms with Crippen molar-refractivity contribution in [2.24, 2.45) is 5.92 Å². The van der Waals surface area contributed by atoms with E-state index in [-0.39, 0.29) is 10.6 Å². The Bertz CT molecular complexity index is 539. The summed E-state index contributed by atoms with van der Waals surface area (Å²) < 4.78 is 31.0. The van der Waals surface area contributed by atoms with E-state index in [2.05, 4.69) is 13.8 Å². The summed E-state index contributed by atoms with van der Waals surface area (Å²) in [6.07, 6.45) is 1.98. The number of rotatable bonds is 7. The molecule has 0 atom stereocenters. The molecule has 0 spiro atoms. The molecule has 1 rings (SSSR count). The third-order valence-electron chi connectivity index (χ3n) is 2.97. The first-order chi connectivity index (χ1) is 9.26. The van der Waals surface area contributed by atoms with Gasteiger partial charge in [-0.05, 0) is 30.9 Å². The van der Waals surface area contributed by atoms with Gasteiger partial charge in [0.25, 0.3) is 0 Å². The van der Waals surface area contributed by atoms with Gasteiger partial charge in [-0.2, -0.15) is 0 Å². The third-order valence-corrected chi connectivity index (χ3v) is 4.84. The largest absolute Gasteiger partial charge is 0.491 e. The lowest BCUT2D eigenvalue weighted by molar-refractivity contribution is 0.298. The molecule has 0 saturated heterocycles. The summed E-state index contributed by atoms with van der Waals surface area (Å²) in [4.78, 5) is 0.0869. The maximum Gasteiger partial charge on any atom is 0.244 e. The molecule has 1 aromatic carbocycles. The molecule has 0 aliphatic heterocycles. The number of nitrogen functional groups attached to an aromatic ring is 1. The average molecular weight is 300 g/mol. The molecule has 2 N–H and O–H groups in total. The van der Waals surface area contributed by atoms with Gasteiger partial charge in [-0.15, -0.1) is 0 Å². The van der Waals surface area contributed by atoms with E-state index in [1.165, 1.54) is 20.2 Å². The topological polar surface area (TPSA) is 72.6 Å². The average Bonchev–Trinajstić information content (AvgIpc) is 2.35. The number of anilines is 1. The Morgan fingerprint density at radius 2 is 1.95 bits per heavy atom. The molecule has 0 aliphatic rings. The van der Waals surface area contributed by atoms with Crippen LogP contribution in [0.15, 0.2) is 23.1 Å². The van der Waals surface area contributed by atoms with Gasteiger partial charge < -0.3 is 10.5 Å². The minimum atomic E-state index is -3.55. The van der Waals surface area contributed by atoms with Crippen LogP contribution in [0.4, 0.5) is 5.69 Å². The molecule has 114 valence electrons. The molecule has 6 heteroatoms. The highest BCUT2D eigenvalue weighted by Gasteiger charge is 2.22. The number of hydrogen-bond acceptors (Lipinski definition) is 4. The van der Waals surface area contributed by atoms with Gasteiger partial charge in [0.15, 0.2) is 0 Å². The highest BCUT2D eigenvalue weighted by molar-refractivity contribution is 7.89. The first-order valence-electron chi connectivity index (χ1n) is 6.70. The van der Waals surface area contributed by atoms with E-state index >= 15 is 0 Å². The van der Waals surface area contributed by atoms with Gasteiger partial charge in [0, 0.05) is 14.1 Å². The molecule has 0 unspecified atom stereocenters. The molecule has 0 amide bonds. The highest BCUT2D eigenvalue weighted by atomic mass is 32.2. The lowest BCUT2D eigenvalue weighted by atomic mass is 10.1. The standard InChI is InChI=1S/C14H24N2O3S/c1-11(2)7-6-10-19-12-8-5-9-13(14(12)15)20(17,18)16(3)4/h5,8-9,11H,6-7,10,15H2,1-4H3. The Morgan fingerprint density at radius 1 is 1.30 bits per heavy atom. The number of hydrogen-bond donors (Lipinski definition) is 1. The number of nitrogens with zero attached hydrogens (tertiary/aromatic N) is 1. The Balaban J connectivity index is 2.86. The zero-order chi connectivity index (χ0) is 15.3. The minimum Gasteiger partial charge on any atom is -0.491 e. The second-order valence-corrected chi connectivity index (χ2v) is 7.46. The van der Waals surface area contributed by atoms with Crippen molar-refractivity contribution in [1.82, 2.24) is 4.31 Å². The van der Waals surface area contributed by atoms with Crippen LogP contribution in [0, 0.1) is 5.92 Å². The number of sulfonamides is 1. The Labute approximate surface area is 121 Å². The Morgan fingerprint density at radius 3 is 2.50 bits per heavy atom. The molecular weight excluding hydrogens is 276 g/mol. The Hall–Kier alpha value is -1.27. The van der Waals surface area contributed by atoms with Gasteiger partial charge in [0.05, 0.1) is 12.3 Å². The predicted molar refractivity (Wildman–Crippen MR) is 81.3 cm³/mol. The fourth-order valence-corrected chi connectivity index (χ4v) is 2.77. The molecular formula is C14H24N2O3S. The molecule has 0 radical (unpaired) electrons. The minimum absolute atomic E-state index is 0.0869. The second-order valence-electron chi connectivity index (χ2n) is 5.34. The summed E-state index contributed by atoms with van der Waals surface area (Å²) in [5, 5.41) is 0. The molecule has 0 bridgehead atoms. The first-order valence-corrected chi connectivity index (χ1v) is 8.14. The lowest BCUT2D eigenvalue weighted by Crippen LogP contribution is -2.23. The molecule has 0 fully saturated rings. The van der Waals surface area contributed by atoms with Gasteiger partial charge in [-0.3, -0.25) is 0 Å². The van der Waals surface area contributed by atoms with Crippen molar-refractivity contribution in [2.75, 3.05) is 26.4 Å². The zero-order valence-electron chi connectivity index (χ0n) is 12.6. The normalized spacial score (nSPS) is 12.1. The molecule has 0 aromatic heterocycles. The maximum absolute atomic E-state index is 12.1. The van der Waals surface area contributed by atoms with E-state index in [0.29, 0.717) is 18.3 Å². The van der Waals surface area contributed by atoms with Gasteiger partial charge in [0.1, 0.15) is 10.6 Å². The van der Waals surface area contributed by atoms with Crippen LogP contribution in [-0.4, -0.2) is 33.4 Å². The van der Waals surface area contributed by atoms with Crippen LogP contribution in [0.1, 0.15) is 26.7 Å². The SMILES string of the molecule is CC(C)CCCOc1cccc(S(=O)(=O)N(C)C)c1N. The maximum atomic E-state index is 12.1. The van der Waals surface area contributed by atoms with Crippen molar-refractivity contribution >= 4 is 15.7 Å². The van der Waals surface area contributed by atoms with Crippen LogP contribution in [-0.2, 0) is 10.0 Å². The van der Waals surface area contributed by atoms with Crippen molar-refractivity contribution in [3.05, 3.63) is 18.2 Å². The monoisotopic (exact) mass is 300 g/mol. The Kier molecular flexibility index (Phi) is 5.83. The quantitative estimate of drug-likeness (QED) is 0.619. The van der Waals surface area contributed by atoms with Gasteiger partial charge in [-0.1, -0.05) is 19.9 Å². The van der Waals surface area contributed by atoms with Crippen molar-refractivity contribution in [3.63, 3.8) is 0 Å². The fourth-order valence-electron chi connectivity index (χ4n) is 1.75. The summed E-state index contributed by atoms with van der Waals surface area (Å²) in [5.74, 6) is 1.05. The lowest BCUT2D eigenvalue weighted by Gasteiger charge is -2.16. The number of benzene rings is 1. The van der Waals surface area contributed by atoms with Crippen LogP contribution < -0.4 is 10.5 Å².